The van der Waals surface area contributed by atoms with E-state index >= 15 is 0 Å². The number of benzene rings is 1. The van der Waals surface area contributed by atoms with Crippen LogP contribution in [0, 0.1) is 17.0 Å². The van der Waals surface area contributed by atoms with Gasteiger partial charge in [-0.15, -0.1) is 0 Å². The molecule has 19 heavy (non-hydrogen) atoms. The van der Waals surface area contributed by atoms with Gasteiger partial charge in [-0.3, -0.25) is 14.9 Å². The number of nitro benzene ring substituents is 1. The number of nitrogens with zero attached hydrogens (tertiary/aromatic N) is 2. The van der Waals surface area contributed by atoms with Crippen molar-refractivity contribution in [3.63, 3.8) is 0 Å². The Hall–Kier alpha value is -2.63. The number of rotatable bonds is 3. The molecule has 0 amide bonds. The lowest BCUT2D eigenvalue weighted by Crippen LogP contribution is -2.19. The summed E-state index contributed by atoms with van der Waals surface area (Å²) < 4.78 is 1.49. The summed E-state index contributed by atoms with van der Waals surface area (Å²) in [5.74, 6) is 0. The Bertz CT molecular complexity index is 692. The van der Waals surface area contributed by atoms with Gasteiger partial charge in [-0.05, 0) is 30.2 Å². The molecule has 1 heterocycles. The van der Waals surface area contributed by atoms with Crippen molar-refractivity contribution in [3.05, 3.63) is 68.1 Å². The number of nitrogens with two attached hydrogens (primary N) is 1. The third kappa shape index (κ3) is 2.79. The van der Waals surface area contributed by atoms with Crippen LogP contribution in [0.25, 0.3) is 0 Å². The first-order chi connectivity index (χ1) is 8.97. The average molecular weight is 259 g/mol. The maximum Gasteiger partial charge on any atom is 0.292 e. The van der Waals surface area contributed by atoms with E-state index in [4.69, 9.17) is 5.73 Å². The van der Waals surface area contributed by atoms with Crippen LogP contribution in [0.4, 0.5) is 11.4 Å². The molecule has 0 fully saturated rings. The SMILES string of the molecule is Cc1ccn(Cc2ccc(N)c([N+](=O)[O-])c2)c(=O)c1. The Morgan fingerprint density at radius 2 is 2.05 bits per heavy atom. The highest BCUT2D eigenvalue weighted by Crippen LogP contribution is 2.22. The number of aryl methyl sites for hydroxylation is 1. The van der Waals surface area contributed by atoms with Gasteiger partial charge >= 0.3 is 0 Å². The summed E-state index contributed by atoms with van der Waals surface area (Å²) in [4.78, 5) is 22.0. The maximum atomic E-state index is 11.7. The van der Waals surface area contributed by atoms with Gasteiger partial charge < -0.3 is 10.3 Å². The zero-order chi connectivity index (χ0) is 14.0. The van der Waals surface area contributed by atoms with Crippen molar-refractivity contribution in [1.29, 1.82) is 0 Å². The van der Waals surface area contributed by atoms with E-state index in [1.54, 1.807) is 12.3 Å². The van der Waals surface area contributed by atoms with Crippen molar-refractivity contribution in [2.45, 2.75) is 13.5 Å². The second-order valence-electron chi connectivity index (χ2n) is 4.32. The van der Waals surface area contributed by atoms with Crippen molar-refractivity contribution in [2.75, 3.05) is 5.73 Å². The van der Waals surface area contributed by atoms with Gasteiger partial charge in [0.2, 0.25) is 0 Å². The van der Waals surface area contributed by atoms with Gasteiger partial charge in [-0.2, -0.15) is 0 Å². The molecule has 0 spiro atoms. The van der Waals surface area contributed by atoms with Crippen molar-refractivity contribution >= 4 is 11.4 Å². The van der Waals surface area contributed by atoms with E-state index in [2.05, 4.69) is 0 Å². The van der Waals surface area contributed by atoms with Crippen LogP contribution >= 0.6 is 0 Å². The molecular formula is C13H13N3O3. The molecule has 0 bridgehead atoms. The Morgan fingerprint density at radius 3 is 2.68 bits per heavy atom. The largest absolute Gasteiger partial charge is 0.393 e. The molecular weight excluding hydrogens is 246 g/mol. The number of nitro groups is 1. The maximum absolute atomic E-state index is 11.7. The first kappa shape index (κ1) is 12.8. The topological polar surface area (TPSA) is 91.2 Å². The molecule has 0 aliphatic heterocycles. The first-order valence-electron chi connectivity index (χ1n) is 5.67. The van der Waals surface area contributed by atoms with E-state index < -0.39 is 4.92 Å². The summed E-state index contributed by atoms with van der Waals surface area (Å²) in [6.45, 7) is 2.11. The molecule has 0 saturated heterocycles. The van der Waals surface area contributed by atoms with Crippen LogP contribution in [0.1, 0.15) is 11.1 Å². The zero-order valence-electron chi connectivity index (χ0n) is 10.4. The Morgan fingerprint density at radius 1 is 1.32 bits per heavy atom. The molecule has 98 valence electrons. The predicted molar refractivity (Wildman–Crippen MR) is 72.0 cm³/mol. The summed E-state index contributed by atoms with van der Waals surface area (Å²) in [7, 11) is 0. The smallest absolute Gasteiger partial charge is 0.292 e. The Labute approximate surface area is 109 Å². The summed E-state index contributed by atoms with van der Waals surface area (Å²) in [6.07, 6.45) is 1.67. The molecule has 0 radical (unpaired) electrons. The molecule has 1 aromatic heterocycles. The van der Waals surface area contributed by atoms with Crippen molar-refractivity contribution < 1.29 is 4.92 Å². The van der Waals surface area contributed by atoms with Gasteiger partial charge in [0, 0.05) is 18.3 Å². The highest BCUT2D eigenvalue weighted by molar-refractivity contribution is 5.59. The number of nitrogen functional groups attached to an aromatic ring is 1. The number of aromatic nitrogens is 1. The minimum Gasteiger partial charge on any atom is -0.393 e. The second kappa shape index (κ2) is 4.93. The number of hydrogen-bond donors (Lipinski definition) is 1. The molecule has 2 N–H and O–H groups in total. The van der Waals surface area contributed by atoms with E-state index in [0.717, 1.165) is 5.56 Å². The van der Waals surface area contributed by atoms with E-state index in [1.807, 2.05) is 13.0 Å². The van der Waals surface area contributed by atoms with Crippen LogP contribution in [0.5, 0.6) is 0 Å². The molecule has 6 heteroatoms. The van der Waals surface area contributed by atoms with Gasteiger partial charge in [0.15, 0.2) is 0 Å². The molecule has 2 rings (SSSR count). The van der Waals surface area contributed by atoms with Gasteiger partial charge in [0.05, 0.1) is 11.5 Å². The number of anilines is 1. The first-order valence-corrected chi connectivity index (χ1v) is 5.67. The van der Waals surface area contributed by atoms with Gasteiger partial charge in [0.1, 0.15) is 5.69 Å². The lowest BCUT2D eigenvalue weighted by atomic mass is 10.1. The monoisotopic (exact) mass is 259 g/mol. The van der Waals surface area contributed by atoms with Crippen molar-refractivity contribution in [2.24, 2.45) is 0 Å². The summed E-state index contributed by atoms with van der Waals surface area (Å²) in [6, 6.07) is 7.88. The van der Waals surface area contributed by atoms with Crippen LogP contribution in [-0.4, -0.2) is 9.49 Å². The zero-order valence-corrected chi connectivity index (χ0v) is 10.4. The van der Waals surface area contributed by atoms with Crippen LogP contribution in [0.15, 0.2) is 41.3 Å². The average Bonchev–Trinajstić information content (AvgIpc) is 2.34. The second-order valence-corrected chi connectivity index (χ2v) is 4.32. The highest BCUT2D eigenvalue weighted by atomic mass is 16.6. The van der Waals surface area contributed by atoms with Crippen LogP contribution in [-0.2, 0) is 6.54 Å². The van der Waals surface area contributed by atoms with Gasteiger partial charge in [0.25, 0.3) is 11.2 Å². The van der Waals surface area contributed by atoms with Crippen LogP contribution in [0.3, 0.4) is 0 Å². The molecule has 1 aromatic carbocycles. The van der Waals surface area contributed by atoms with E-state index in [-0.39, 0.29) is 23.5 Å². The fraction of sp³-hybridized carbons (Fsp3) is 0.154. The normalized spacial score (nSPS) is 10.4. The molecule has 2 aromatic rings. The Balaban J connectivity index is 2.36. The minimum absolute atomic E-state index is 0.116. The lowest BCUT2D eigenvalue weighted by Gasteiger charge is -2.06. The summed E-state index contributed by atoms with van der Waals surface area (Å²) in [5, 5.41) is 10.8. The fourth-order valence-corrected chi connectivity index (χ4v) is 1.78. The Kier molecular flexibility index (Phi) is 3.33. The lowest BCUT2D eigenvalue weighted by molar-refractivity contribution is -0.384. The molecule has 6 nitrogen and oxygen atoms in total. The minimum atomic E-state index is -0.531. The fourth-order valence-electron chi connectivity index (χ4n) is 1.78. The van der Waals surface area contributed by atoms with E-state index in [9.17, 15) is 14.9 Å². The van der Waals surface area contributed by atoms with Crippen molar-refractivity contribution in [1.82, 2.24) is 4.57 Å². The molecule has 0 saturated carbocycles. The molecule has 0 aliphatic rings. The van der Waals surface area contributed by atoms with Gasteiger partial charge in [-0.1, -0.05) is 6.07 Å². The third-order valence-electron chi connectivity index (χ3n) is 2.80. The molecule has 0 aliphatic carbocycles. The summed E-state index contributed by atoms with van der Waals surface area (Å²) in [5.41, 5.74) is 6.90. The quantitative estimate of drug-likeness (QED) is 0.516. The summed E-state index contributed by atoms with van der Waals surface area (Å²) >= 11 is 0. The highest BCUT2D eigenvalue weighted by Gasteiger charge is 2.12. The number of hydrogen-bond acceptors (Lipinski definition) is 4. The molecule has 0 atom stereocenters. The van der Waals surface area contributed by atoms with E-state index in [0.29, 0.717) is 5.56 Å². The standard InChI is InChI=1S/C13H13N3O3/c1-9-4-5-15(13(17)6-9)8-10-2-3-11(14)12(7-10)16(18)19/h2-7H,8,14H2,1H3. The van der Waals surface area contributed by atoms with Gasteiger partial charge in [-0.25, -0.2) is 0 Å². The molecule has 0 unspecified atom stereocenters. The van der Waals surface area contributed by atoms with Crippen LogP contribution in [0.2, 0.25) is 0 Å². The van der Waals surface area contributed by atoms with Crippen molar-refractivity contribution in [3.8, 4) is 0 Å². The number of pyridine rings is 1. The van der Waals surface area contributed by atoms with Crippen LogP contribution < -0.4 is 11.3 Å². The predicted octanol–water partition coefficient (Wildman–Crippen LogP) is 1.70. The third-order valence-corrected chi connectivity index (χ3v) is 2.80. The van der Waals surface area contributed by atoms with E-state index in [1.165, 1.54) is 22.8 Å².